The van der Waals surface area contributed by atoms with Crippen molar-refractivity contribution in [2.24, 2.45) is 0 Å². The number of benzene rings is 1. The van der Waals surface area contributed by atoms with E-state index in [9.17, 15) is 8.42 Å². The van der Waals surface area contributed by atoms with Gasteiger partial charge in [-0.15, -0.1) is 0 Å². The maximum atomic E-state index is 12.6. The molecule has 0 atom stereocenters. The molecule has 2 rings (SSSR count). The summed E-state index contributed by atoms with van der Waals surface area (Å²) in [6.45, 7) is 6.20. The van der Waals surface area contributed by atoms with Crippen LogP contribution in [0.3, 0.4) is 0 Å². The number of rotatable bonds is 4. The normalized spacial score (nSPS) is 16.2. The molecular weight excluding hydrogens is 248 g/mol. The molecular formula is C13H20N2O2S. The summed E-state index contributed by atoms with van der Waals surface area (Å²) in [4.78, 5) is 0.249. The molecule has 0 unspecified atom stereocenters. The van der Waals surface area contributed by atoms with Gasteiger partial charge in [-0.1, -0.05) is 6.92 Å². The predicted octanol–water partition coefficient (Wildman–Crippen LogP) is 2.06. The summed E-state index contributed by atoms with van der Waals surface area (Å²) in [7, 11) is -3.45. The molecule has 1 aromatic rings. The standard InChI is InChI=1S/C13H20N2O2S/c1-4-15(11-5-6-11)18(16,17)13-8-10(3)9(2)7-12(13)14/h7-8,11H,4-6,14H2,1-3H3. The fourth-order valence-electron chi connectivity index (χ4n) is 2.15. The maximum Gasteiger partial charge on any atom is 0.245 e. The number of anilines is 1. The monoisotopic (exact) mass is 268 g/mol. The van der Waals surface area contributed by atoms with Crippen LogP contribution in [-0.4, -0.2) is 25.3 Å². The molecule has 1 aliphatic rings. The van der Waals surface area contributed by atoms with Gasteiger partial charge in [-0.25, -0.2) is 8.42 Å². The van der Waals surface area contributed by atoms with Gasteiger partial charge < -0.3 is 5.73 Å². The van der Waals surface area contributed by atoms with Crippen LogP contribution in [0.2, 0.25) is 0 Å². The Morgan fingerprint density at radius 1 is 1.28 bits per heavy atom. The van der Waals surface area contributed by atoms with Gasteiger partial charge in [0.2, 0.25) is 10.0 Å². The van der Waals surface area contributed by atoms with Gasteiger partial charge in [0.1, 0.15) is 4.90 Å². The van der Waals surface area contributed by atoms with E-state index >= 15 is 0 Å². The summed E-state index contributed by atoms with van der Waals surface area (Å²) < 4.78 is 26.7. The number of nitrogens with two attached hydrogens (primary N) is 1. The van der Waals surface area contributed by atoms with Crippen LogP contribution < -0.4 is 5.73 Å². The van der Waals surface area contributed by atoms with Crippen LogP contribution in [0.1, 0.15) is 30.9 Å². The molecule has 0 aliphatic heterocycles. The van der Waals surface area contributed by atoms with E-state index < -0.39 is 10.0 Å². The van der Waals surface area contributed by atoms with Gasteiger partial charge in [0.05, 0.1) is 5.69 Å². The first-order valence-electron chi connectivity index (χ1n) is 6.26. The maximum absolute atomic E-state index is 12.6. The summed E-state index contributed by atoms with van der Waals surface area (Å²) in [5.41, 5.74) is 8.20. The van der Waals surface area contributed by atoms with Crippen molar-refractivity contribution >= 4 is 15.7 Å². The fourth-order valence-corrected chi connectivity index (χ4v) is 4.03. The lowest BCUT2D eigenvalue weighted by Crippen LogP contribution is -2.33. The van der Waals surface area contributed by atoms with Crippen molar-refractivity contribution < 1.29 is 8.42 Å². The van der Waals surface area contributed by atoms with Gasteiger partial charge in [0.25, 0.3) is 0 Å². The first-order valence-corrected chi connectivity index (χ1v) is 7.70. The number of aryl methyl sites for hydroxylation is 2. The Morgan fingerprint density at radius 3 is 2.33 bits per heavy atom. The van der Waals surface area contributed by atoms with E-state index in [0.717, 1.165) is 24.0 Å². The largest absolute Gasteiger partial charge is 0.398 e. The number of hydrogen-bond acceptors (Lipinski definition) is 3. The molecule has 0 aromatic heterocycles. The second kappa shape index (κ2) is 4.55. The lowest BCUT2D eigenvalue weighted by molar-refractivity contribution is 0.421. The van der Waals surface area contributed by atoms with E-state index in [0.29, 0.717) is 12.2 Å². The van der Waals surface area contributed by atoms with Crippen molar-refractivity contribution in [2.45, 2.75) is 44.6 Å². The molecule has 5 heteroatoms. The van der Waals surface area contributed by atoms with Crippen molar-refractivity contribution in [3.05, 3.63) is 23.3 Å². The average Bonchev–Trinajstić information content (AvgIpc) is 3.08. The molecule has 0 bridgehead atoms. The van der Waals surface area contributed by atoms with Crippen LogP contribution in [0.4, 0.5) is 5.69 Å². The topological polar surface area (TPSA) is 63.4 Å². The molecule has 1 aromatic carbocycles. The van der Waals surface area contributed by atoms with Crippen molar-refractivity contribution in [1.82, 2.24) is 4.31 Å². The van der Waals surface area contributed by atoms with E-state index in [1.807, 2.05) is 20.8 Å². The number of nitrogen functional groups attached to an aromatic ring is 1. The molecule has 0 saturated heterocycles. The molecule has 0 radical (unpaired) electrons. The van der Waals surface area contributed by atoms with Gasteiger partial charge in [0.15, 0.2) is 0 Å². The molecule has 1 aliphatic carbocycles. The molecule has 4 nitrogen and oxygen atoms in total. The highest BCUT2D eigenvalue weighted by Gasteiger charge is 2.37. The minimum Gasteiger partial charge on any atom is -0.398 e. The van der Waals surface area contributed by atoms with E-state index in [4.69, 9.17) is 5.73 Å². The minimum absolute atomic E-state index is 0.168. The van der Waals surface area contributed by atoms with Gasteiger partial charge in [0, 0.05) is 12.6 Å². The molecule has 2 N–H and O–H groups in total. The average molecular weight is 268 g/mol. The van der Waals surface area contributed by atoms with E-state index in [1.54, 1.807) is 16.4 Å². The first kappa shape index (κ1) is 13.4. The summed E-state index contributed by atoms with van der Waals surface area (Å²) in [5.74, 6) is 0. The van der Waals surface area contributed by atoms with Crippen LogP contribution in [0, 0.1) is 13.8 Å². The smallest absolute Gasteiger partial charge is 0.245 e. The molecule has 1 fully saturated rings. The van der Waals surface area contributed by atoms with E-state index in [1.165, 1.54) is 0 Å². The van der Waals surface area contributed by atoms with Crippen molar-refractivity contribution in [1.29, 1.82) is 0 Å². The Bertz CT molecular complexity index is 563. The second-order valence-corrected chi connectivity index (χ2v) is 6.77. The highest BCUT2D eigenvalue weighted by atomic mass is 32.2. The number of nitrogens with zero attached hydrogens (tertiary/aromatic N) is 1. The predicted molar refractivity (Wildman–Crippen MR) is 72.9 cm³/mol. The minimum atomic E-state index is -3.45. The van der Waals surface area contributed by atoms with Crippen LogP contribution in [0.5, 0.6) is 0 Å². The zero-order valence-electron chi connectivity index (χ0n) is 11.1. The Morgan fingerprint density at radius 2 is 1.83 bits per heavy atom. The van der Waals surface area contributed by atoms with Gasteiger partial charge in [-0.2, -0.15) is 4.31 Å². The number of hydrogen-bond donors (Lipinski definition) is 1. The third-order valence-corrected chi connectivity index (χ3v) is 5.56. The highest BCUT2D eigenvalue weighted by molar-refractivity contribution is 7.89. The fraction of sp³-hybridized carbons (Fsp3) is 0.538. The summed E-state index contributed by atoms with van der Waals surface area (Å²) >= 11 is 0. The Kier molecular flexibility index (Phi) is 3.38. The molecule has 0 heterocycles. The Labute approximate surface area is 109 Å². The van der Waals surface area contributed by atoms with Crippen LogP contribution >= 0.6 is 0 Å². The second-order valence-electron chi connectivity index (χ2n) is 4.91. The van der Waals surface area contributed by atoms with Crippen molar-refractivity contribution in [2.75, 3.05) is 12.3 Å². The summed E-state index contributed by atoms with van der Waals surface area (Å²) in [6, 6.07) is 3.59. The van der Waals surface area contributed by atoms with Crippen molar-refractivity contribution in [3.63, 3.8) is 0 Å². The number of sulfonamides is 1. The quantitative estimate of drug-likeness (QED) is 0.850. The molecule has 1 saturated carbocycles. The van der Waals surface area contributed by atoms with E-state index in [2.05, 4.69) is 0 Å². The lowest BCUT2D eigenvalue weighted by atomic mass is 10.1. The van der Waals surface area contributed by atoms with Crippen molar-refractivity contribution in [3.8, 4) is 0 Å². The van der Waals surface area contributed by atoms with Gasteiger partial charge in [-0.05, 0) is 49.9 Å². The molecule has 100 valence electrons. The SMILES string of the molecule is CCN(C1CC1)S(=O)(=O)c1cc(C)c(C)cc1N. The Balaban J connectivity index is 2.49. The lowest BCUT2D eigenvalue weighted by Gasteiger charge is -2.21. The molecule has 18 heavy (non-hydrogen) atoms. The summed E-state index contributed by atoms with van der Waals surface area (Å²) in [6.07, 6.45) is 1.91. The third kappa shape index (κ3) is 2.24. The summed E-state index contributed by atoms with van der Waals surface area (Å²) in [5, 5.41) is 0. The zero-order valence-corrected chi connectivity index (χ0v) is 11.9. The van der Waals surface area contributed by atoms with Gasteiger partial charge in [-0.3, -0.25) is 0 Å². The van der Waals surface area contributed by atoms with E-state index in [-0.39, 0.29) is 10.9 Å². The first-order chi connectivity index (χ1) is 8.37. The zero-order chi connectivity index (χ0) is 13.5. The van der Waals surface area contributed by atoms with Crippen LogP contribution in [0.25, 0.3) is 0 Å². The van der Waals surface area contributed by atoms with Crippen LogP contribution in [0.15, 0.2) is 17.0 Å². The third-order valence-electron chi connectivity index (χ3n) is 3.48. The van der Waals surface area contributed by atoms with Gasteiger partial charge >= 0.3 is 0 Å². The Hall–Kier alpha value is -1.07. The molecule has 0 amide bonds. The highest BCUT2D eigenvalue weighted by Crippen LogP contribution is 2.34. The van der Waals surface area contributed by atoms with Crippen LogP contribution in [-0.2, 0) is 10.0 Å². The molecule has 0 spiro atoms.